The molecule has 1 amide bonds. The highest BCUT2D eigenvalue weighted by Crippen LogP contribution is 2.39. The summed E-state index contributed by atoms with van der Waals surface area (Å²) < 4.78 is 0. The molecule has 6 heteroatoms. The molecular weight excluding hydrogens is 410 g/mol. The van der Waals surface area contributed by atoms with Crippen molar-refractivity contribution < 1.29 is 19.8 Å². The maximum Gasteiger partial charge on any atom is 0.254 e. The Morgan fingerprint density at radius 1 is 0.903 bits per heavy atom. The lowest BCUT2D eigenvalue weighted by molar-refractivity contribution is -0.0372. The van der Waals surface area contributed by atoms with E-state index in [-0.39, 0.29) is 23.5 Å². The fourth-order valence-electron chi connectivity index (χ4n) is 5.12. The van der Waals surface area contributed by atoms with Gasteiger partial charge in [-0.25, -0.2) is 0 Å². The topological polar surface area (TPSA) is 77.8 Å². The van der Waals surface area contributed by atoms with E-state index in [1.54, 1.807) is 6.92 Å². The van der Waals surface area contributed by atoms with E-state index in [0.717, 1.165) is 26.1 Å². The van der Waals surface area contributed by atoms with E-state index in [2.05, 4.69) is 0 Å². The van der Waals surface area contributed by atoms with E-state index < -0.39 is 12.2 Å². The SMILES string of the molecule is CC(=O)c1ccc(-c2ccc(C(=O)N3C[C@H]4C[C@H](O)[C@@H](O)C[C@H]4C3)c3ccccc23)s1. The molecule has 3 aromatic rings. The number of aliphatic hydroxyl groups is 2. The molecule has 31 heavy (non-hydrogen) atoms. The van der Waals surface area contributed by atoms with Crippen LogP contribution in [0.1, 0.15) is 39.8 Å². The van der Waals surface area contributed by atoms with Gasteiger partial charge in [-0.1, -0.05) is 30.3 Å². The highest BCUT2D eigenvalue weighted by molar-refractivity contribution is 7.17. The highest BCUT2D eigenvalue weighted by Gasteiger charge is 2.42. The average molecular weight is 436 g/mol. The molecule has 1 aliphatic heterocycles. The summed E-state index contributed by atoms with van der Waals surface area (Å²) in [6, 6.07) is 15.6. The number of hydrogen-bond donors (Lipinski definition) is 2. The zero-order chi connectivity index (χ0) is 21.7. The monoisotopic (exact) mass is 435 g/mol. The first-order valence-corrected chi connectivity index (χ1v) is 11.5. The van der Waals surface area contributed by atoms with Gasteiger partial charge >= 0.3 is 0 Å². The highest BCUT2D eigenvalue weighted by atomic mass is 32.1. The van der Waals surface area contributed by atoms with Crippen molar-refractivity contribution in [3.63, 3.8) is 0 Å². The van der Waals surface area contributed by atoms with Crippen LogP contribution in [-0.4, -0.2) is 52.1 Å². The number of Topliss-reactive ketones (excluding diaryl/α,β-unsaturated/α-hetero) is 1. The minimum atomic E-state index is -0.692. The molecule has 5 nitrogen and oxygen atoms in total. The van der Waals surface area contributed by atoms with Crippen molar-refractivity contribution in [2.45, 2.75) is 32.0 Å². The molecule has 0 bridgehead atoms. The van der Waals surface area contributed by atoms with Crippen LogP contribution in [0, 0.1) is 11.8 Å². The minimum absolute atomic E-state index is 0.00302. The first kappa shape index (κ1) is 20.4. The number of thiophene rings is 1. The van der Waals surface area contributed by atoms with Crippen molar-refractivity contribution in [1.82, 2.24) is 4.90 Å². The van der Waals surface area contributed by atoms with Crippen LogP contribution >= 0.6 is 11.3 Å². The third-order valence-corrected chi connectivity index (χ3v) is 7.99. The molecular formula is C25H25NO4S. The van der Waals surface area contributed by atoms with Crippen molar-refractivity contribution >= 4 is 33.8 Å². The Morgan fingerprint density at radius 2 is 1.55 bits per heavy atom. The number of aliphatic hydroxyl groups excluding tert-OH is 2. The molecule has 1 saturated carbocycles. The Bertz CT molecular complexity index is 1150. The van der Waals surface area contributed by atoms with Gasteiger partial charge in [-0.05, 0) is 66.1 Å². The Morgan fingerprint density at radius 3 is 2.16 bits per heavy atom. The number of fused-ring (bicyclic) bond motifs is 2. The number of carbonyl (C=O) groups excluding carboxylic acids is 2. The van der Waals surface area contributed by atoms with Crippen LogP contribution in [0.4, 0.5) is 0 Å². The zero-order valence-corrected chi connectivity index (χ0v) is 18.1. The molecule has 2 fully saturated rings. The van der Waals surface area contributed by atoms with Crippen molar-refractivity contribution in [2.75, 3.05) is 13.1 Å². The summed E-state index contributed by atoms with van der Waals surface area (Å²) in [5, 5.41) is 21.9. The maximum absolute atomic E-state index is 13.5. The first-order chi connectivity index (χ1) is 14.9. The van der Waals surface area contributed by atoms with Gasteiger partial charge in [-0.2, -0.15) is 0 Å². The molecule has 2 aliphatic rings. The largest absolute Gasteiger partial charge is 0.390 e. The van der Waals surface area contributed by atoms with Crippen molar-refractivity contribution in [1.29, 1.82) is 0 Å². The third-order valence-electron chi connectivity index (χ3n) is 6.77. The van der Waals surface area contributed by atoms with Crippen LogP contribution in [-0.2, 0) is 0 Å². The maximum atomic E-state index is 13.5. The van der Waals surface area contributed by atoms with Crippen LogP contribution in [0.15, 0.2) is 48.5 Å². The lowest BCUT2D eigenvalue weighted by Gasteiger charge is -2.31. The van der Waals surface area contributed by atoms with E-state index >= 15 is 0 Å². The summed E-state index contributed by atoms with van der Waals surface area (Å²) in [4.78, 5) is 28.8. The first-order valence-electron chi connectivity index (χ1n) is 10.7. The van der Waals surface area contributed by atoms with Gasteiger partial charge < -0.3 is 15.1 Å². The normalized spacial score (nSPS) is 25.6. The number of hydrogen-bond acceptors (Lipinski definition) is 5. The fraction of sp³-hybridized carbons (Fsp3) is 0.360. The van der Waals surface area contributed by atoms with Crippen LogP contribution in [0.3, 0.4) is 0 Å². The summed E-state index contributed by atoms with van der Waals surface area (Å²) >= 11 is 1.47. The number of likely N-dealkylation sites (tertiary alicyclic amines) is 1. The van der Waals surface area contributed by atoms with Crippen LogP contribution in [0.25, 0.3) is 21.2 Å². The van der Waals surface area contributed by atoms with Crippen LogP contribution in [0.5, 0.6) is 0 Å². The van der Waals surface area contributed by atoms with E-state index in [1.807, 2.05) is 53.4 Å². The van der Waals surface area contributed by atoms with E-state index in [1.165, 1.54) is 11.3 Å². The number of rotatable bonds is 3. The van der Waals surface area contributed by atoms with Crippen LogP contribution in [0.2, 0.25) is 0 Å². The lowest BCUT2D eigenvalue weighted by Crippen LogP contribution is -2.38. The molecule has 1 saturated heterocycles. The Balaban J connectivity index is 1.48. The van der Waals surface area contributed by atoms with Gasteiger partial charge in [0.15, 0.2) is 5.78 Å². The second kappa shape index (κ2) is 7.86. The predicted octanol–water partition coefficient (Wildman–Crippen LogP) is 3.97. The summed E-state index contributed by atoms with van der Waals surface area (Å²) in [6.07, 6.45) is -0.289. The molecule has 2 N–H and O–H groups in total. The van der Waals surface area contributed by atoms with E-state index in [4.69, 9.17) is 0 Å². The smallest absolute Gasteiger partial charge is 0.254 e. The van der Waals surface area contributed by atoms with E-state index in [0.29, 0.717) is 31.5 Å². The molecule has 160 valence electrons. The zero-order valence-electron chi connectivity index (χ0n) is 17.3. The summed E-state index contributed by atoms with van der Waals surface area (Å²) in [6.45, 7) is 2.81. The molecule has 5 rings (SSSR count). The Kier molecular flexibility index (Phi) is 5.16. The van der Waals surface area contributed by atoms with Gasteiger partial charge in [0, 0.05) is 23.5 Å². The molecule has 1 aliphatic carbocycles. The standard InChI is InChI=1S/C25H25NO4S/c1-14(27)23-8-9-24(31-23)19-6-7-20(18-5-3-2-4-17(18)19)25(30)26-12-15-10-21(28)22(29)11-16(15)13-26/h2-9,15-16,21-22,28-29H,10-13H2,1H3/t15-,16+,21-,22-/m0/s1. The van der Waals surface area contributed by atoms with Gasteiger partial charge in [0.2, 0.25) is 0 Å². The Hall–Kier alpha value is -2.54. The van der Waals surface area contributed by atoms with Gasteiger partial charge in [0.1, 0.15) is 0 Å². The molecule has 2 heterocycles. The molecule has 1 aromatic heterocycles. The third kappa shape index (κ3) is 3.59. The van der Waals surface area contributed by atoms with Gasteiger partial charge in [-0.3, -0.25) is 9.59 Å². The second-order valence-electron chi connectivity index (χ2n) is 8.76. The number of benzene rings is 2. The van der Waals surface area contributed by atoms with Crippen molar-refractivity contribution in [2.24, 2.45) is 11.8 Å². The quantitative estimate of drug-likeness (QED) is 0.610. The number of nitrogens with zero attached hydrogens (tertiary/aromatic N) is 1. The van der Waals surface area contributed by atoms with Gasteiger partial charge in [0.05, 0.1) is 17.1 Å². The number of carbonyl (C=O) groups is 2. The summed E-state index contributed by atoms with van der Waals surface area (Å²) in [5.41, 5.74) is 1.69. The van der Waals surface area contributed by atoms with Crippen molar-refractivity contribution in [3.05, 3.63) is 59.0 Å². The molecule has 0 radical (unpaired) electrons. The molecule has 0 spiro atoms. The second-order valence-corrected chi connectivity index (χ2v) is 9.85. The molecule has 4 atom stereocenters. The molecule has 2 aromatic carbocycles. The fourth-order valence-corrected chi connectivity index (χ4v) is 6.06. The molecule has 0 unspecified atom stereocenters. The lowest BCUT2D eigenvalue weighted by atomic mass is 9.79. The summed E-state index contributed by atoms with van der Waals surface area (Å²) in [7, 11) is 0. The average Bonchev–Trinajstić information content (AvgIpc) is 3.40. The number of ketones is 1. The Labute approximate surface area is 184 Å². The number of amides is 1. The van der Waals surface area contributed by atoms with Gasteiger partial charge in [-0.15, -0.1) is 11.3 Å². The van der Waals surface area contributed by atoms with Gasteiger partial charge in [0.25, 0.3) is 5.91 Å². The predicted molar refractivity (Wildman–Crippen MR) is 121 cm³/mol. The van der Waals surface area contributed by atoms with Crippen molar-refractivity contribution in [3.8, 4) is 10.4 Å². The van der Waals surface area contributed by atoms with E-state index in [9.17, 15) is 19.8 Å². The summed E-state index contributed by atoms with van der Waals surface area (Å²) in [5.74, 6) is 0.530. The minimum Gasteiger partial charge on any atom is -0.390 e. The van der Waals surface area contributed by atoms with Crippen LogP contribution < -0.4 is 0 Å².